The number of nitrogens with two attached hydrogens (primary N) is 1. The van der Waals surface area contributed by atoms with Gasteiger partial charge in [0.15, 0.2) is 0 Å². The standard InChI is InChI=1S/C9H17N3O3/c10-2-1-4-12-5-3-11-9(15)7(12)6-8(13)14/h7H,1-6,10H2,(H,11,15)(H,13,14). The fourth-order valence-electron chi connectivity index (χ4n) is 1.71. The predicted molar refractivity (Wildman–Crippen MR) is 54.3 cm³/mol. The molecular formula is C9H17N3O3. The number of carboxylic acid groups (broad SMARTS) is 1. The second-order valence-electron chi connectivity index (χ2n) is 3.58. The summed E-state index contributed by atoms with van der Waals surface area (Å²) >= 11 is 0. The molecule has 1 saturated heterocycles. The average Bonchev–Trinajstić information content (AvgIpc) is 2.18. The molecular weight excluding hydrogens is 198 g/mol. The maximum Gasteiger partial charge on any atom is 0.305 e. The minimum Gasteiger partial charge on any atom is -0.481 e. The first-order valence-corrected chi connectivity index (χ1v) is 5.08. The summed E-state index contributed by atoms with van der Waals surface area (Å²) in [6.45, 7) is 2.52. The van der Waals surface area contributed by atoms with Crippen molar-refractivity contribution in [2.75, 3.05) is 26.2 Å². The van der Waals surface area contributed by atoms with E-state index in [0.717, 1.165) is 6.42 Å². The molecule has 0 radical (unpaired) electrons. The van der Waals surface area contributed by atoms with E-state index in [1.165, 1.54) is 0 Å². The summed E-state index contributed by atoms with van der Waals surface area (Å²) in [7, 11) is 0. The van der Waals surface area contributed by atoms with E-state index >= 15 is 0 Å². The van der Waals surface area contributed by atoms with E-state index in [0.29, 0.717) is 26.2 Å². The van der Waals surface area contributed by atoms with Gasteiger partial charge in [-0.15, -0.1) is 0 Å². The molecule has 0 aliphatic carbocycles. The molecule has 4 N–H and O–H groups in total. The molecule has 1 amide bonds. The molecule has 1 unspecified atom stereocenters. The summed E-state index contributed by atoms with van der Waals surface area (Å²) in [6, 6.07) is -0.539. The molecule has 0 bridgehead atoms. The maximum absolute atomic E-state index is 11.5. The zero-order valence-electron chi connectivity index (χ0n) is 8.61. The zero-order chi connectivity index (χ0) is 11.3. The molecule has 6 heteroatoms. The number of amides is 1. The molecule has 0 aromatic rings. The summed E-state index contributed by atoms with van der Waals surface area (Å²) < 4.78 is 0. The Balaban J connectivity index is 2.55. The van der Waals surface area contributed by atoms with Gasteiger partial charge in [-0.25, -0.2) is 0 Å². The molecule has 0 aromatic carbocycles. The van der Waals surface area contributed by atoms with E-state index in [-0.39, 0.29) is 12.3 Å². The van der Waals surface area contributed by atoms with Crippen LogP contribution in [0.3, 0.4) is 0 Å². The van der Waals surface area contributed by atoms with Crippen molar-refractivity contribution < 1.29 is 14.7 Å². The van der Waals surface area contributed by atoms with Crippen LogP contribution in [0.5, 0.6) is 0 Å². The molecule has 1 aliphatic rings. The smallest absolute Gasteiger partial charge is 0.305 e. The van der Waals surface area contributed by atoms with Gasteiger partial charge >= 0.3 is 5.97 Å². The first-order chi connectivity index (χ1) is 7.15. The van der Waals surface area contributed by atoms with Crippen LogP contribution < -0.4 is 11.1 Å². The Kier molecular flexibility index (Phi) is 4.51. The van der Waals surface area contributed by atoms with Gasteiger partial charge < -0.3 is 16.2 Å². The van der Waals surface area contributed by atoms with Crippen LogP contribution >= 0.6 is 0 Å². The van der Waals surface area contributed by atoms with Crippen molar-refractivity contribution in [3.63, 3.8) is 0 Å². The van der Waals surface area contributed by atoms with Gasteiger partial charge in [0.25, 0.3) is 0 Å². The van der Waals surface area contributed by atoms with E-state index in [1.54, 1.807) is 0 Å². The highest BCUT2D eigenvalue weighted by Crippen LogP contribution is 2.09. The fourth-order valence-corrected chi connectivity index (χ4v) is 1.71. The minimum atomic E-state index is -0.949. The van der Waals surface area contributed by atoms with Crippen molar-refractivity contribution >= 4 is 11.9 Å². The highest BCUT2D eigenvalue weighted by Gasteiger charge is 2.30. The number of piperazine rings is 1. The third-order valence-corrected chi connectivity index (χ3v) is 2.46. The van der Waals surface area contributed by atoms with Gasteiger partial charge in [0.2, 0.25) is 5.91 Å². The Morgan fingerprint density at radius 3 is 3.00 bits per heavy atom. The van der Waals surface area contributed by atoms with Gasteiger partial charge in [0.05, 0.1) is 12.5 Å². The van der Waals surface area contributed by atoms with Gasteiger partial charge in [0, 0.05) is 19.6 Å². The molecule has 86 valence electrons. The second-order valence-corrected chi connectivity index (χ2v) is 3.58. The molecule has 1 rings (SSSR count). The lowest BCUT2D eigenvalue weighted by Gasteiger charge is -2.34. The topological polar surface area (TPSA) is 95.7 Å². The average molecular weight is 215 g/mol. The first kappa shape index (κ1) is 11.9. The van der Waals surface area contributed by atoms with Crippen LogP contribution in [0.25, 0.3) is 0 Å². The van der Waals surface area contributed by atoms with Crippen LogP contribution in [0.15, 0.2) is 0 Å². The Morgan fingerprint density at radius 2 is 2.40 bits per heavy atom. The molecule has 1 atom stereocenters. The Morgan fingerprint density at radius 1 is 1.67 bits per heavy atom. The predicted octanol–water partition coefficient (Wildman–Crippen LogP) is -1.39. The highest BCUT2D eigenvalue weighted by molar-refractivity contribution is 5.86. The third kappa shape index (κ3) is 3.49. The molecule has 0 saturated carbocycles. The van der Waals surface area contributed by atoms with Crippen LogP contribution in [0.2, 0.25) is 0 Å². The van der Waals surface area contributed by atoms with E-state index < -0.39 is 12.0 Å². The van der Waals surface area contributed by atoms with Gasteiger partial charge in [0.1, 0.15) is 0 Å². The maximum atomic E-state index is 11.5. The zero-order valence-corrected chi connectivity index (χ0v) is 8.61. The number of aliphatic carboxylic acids is 1. The summed E-state index contributed by atoms with van der Waals surface area (Å²) in [5.41, 5.74) is 5.38. The van der Waals surface area contributed by atoms with E-state index in [1.807, 2.05) is 4.90 Å². The number of hydrogen-bond donors (Lipinski definition) is 3. The van der Waals surface area contributed by atoms with Crippen LogP contribution in [0, 0.1) is 0 Å². The minimum absolute atomic E-state index is 0.142. The summed E-state index contributed by atoms with van der Waals surface area (Å²) in [4.78, 5) is 23.9. The van der Waals surface area contributed by atoms with Crippen molar-refractivity contribution in [2.24, 2.45) is 5.73 Å². The number of nitrogens with zero attached hydrogens (tertiary/aromatic N) is 1. The Hall–Kier alpha value is -1.14. The van der Waals surface area contributed by atoms with Crippen LogP contribution in [-0.2, 0) is 9.59 Å². The van der Waals surface area contributed by atoms with Gasteiger partial charge in [-0.05, 0) is 13.0 Å². The monoisotopic (exact) mass is 215 g/mol. The molecule has 1 aliphatic heterocycles. The quantitative estimate of drug-likeness (QED) is 0.525. The van der Waals surface area contributed by atoms with Crippen molar-refractivity contribution in [1.82, 2.24) is 10.2 Å². The molecule has 0 spiro atoms. The van der Waals surface area contributed by atoms with Crippen LogP contribution in [0.4, 0.5) is 0 Å². The number of carbonyl (C=O) groups is 2. The Labute approximate surface area is 88.4 Å². The van der Waals surface area contributed by atoms with Crippen LogP contribution in [0.1, 0.15) is 12.8 Å². The number of hydrogen-bond acceptors (Lipinski definition) is 4. The molecule has 1 fully saturated rings. The Bertz CT molecular complexity index is 245. The van der Waals surface area contributed by atoms with Gasteiger partial charge in [-0.1, -0.05) is 0 Å². The molecule has 1 heterocycles. The van der Waals surface area contributed by atoms with Crippen molar-refractivity contribution in [3.05, 3.63) is 0 Å². The lowest BCUT2D eigenvalue weighted by Crippen LogP contribution is -2.56. The largest absolute Gasteiger partial charge is 0.481 e. The summed E-state index contributed by atoms with van der Waals surface area (Å²) in [6.07, 6.45) is 0.639. The van der Waals surface area contributed by atoms with E-state index in [2.05, 4.69) is 5.32 Å². The van der Waals surface area contributed by atoms with E-state index in [9.17, 15) is 9.59 Å². The number of rotatable bonds is 5. The lowest BCUT2D eigenvalue weighted by atomic mass is 10.1. The second kappa shape index (κ2) is 5.67. The molecule has 0 aromatic heterocycles. The summed E-state index contributed by atoms with van der Waals surface area (Å²) in [5, 5.41) is 11.4. The lowest BCUT2D eigenvalue weighted by molar-refractivity contribution is -0.143. The number of nitrogens with one attached hydrogen (secondary N) is 1. The fraction of sp³-hybridized carbons (Fsp3) is 0.778. The normalized spacial score (nSPS) is 22.5. The highest BCUT2D eigenvalue weighted by atomic mass is 16.4. The third-order valence-electron chi connectivity index (χ3n) is 2.46. The summed E-state index contributed by atoms with van der Waals surface area (Å²) in [5.74, 6) is -1.14. The number of carbonyl (C=O) groups excluding carboxylic acids is 1. The van der Waals surface area contributed by atoms with Gasteiger partial charge in [-0.2, -0.15) is 0 Å². The van der Waals surface area contributed by atoms with Crippen molar-refractivity contribution in [1.29, 1.82) is 0 Å². The van der Waals surface area contributed by atoms with Crippen LogP contribution in [-0.4, -0.2) is 54.1 Å². The number of carboxylic acids is 1. The van der Waals surface area contributed by atoms with Gasteiger partial charge in [-0.3, -0.25) is 14.5 Å². The van der Waals surface area contributed by atoms with Crippen molar-refractivity contribution in [3.8, 4) is 0 Å². The molecule has 15 heavy (non-hydrogen) atoms. The van der Waals surface area contributed by atoms with E-state index in [4.69, 9.17) is 10.8 Å². The van der Waals surface area contributed by atoms with Crippen molar-refractivity contribution in [2.45, 2.75) is 18.9 Å². The molecule has 6 nitrogen and oxygen atoms in total. The first-order valence-electron chi connectivity index (χ1n) is 5.08. The SMILES string of the molecule is NCCCN1CCNC(=O)C1CC(=O)O.